The number of nitrogens with one attached hydrogen (secondary N) is 1. The zero-order valence-corrected chi connectivity index (χ0v) is 15.1. The van der Waals surface area contributed by atoms with Gasteiger partial charge in [0.1, 0.15) is 0 Å². The van der Waals surface area contributed by atoms with Crippen LogP contribution in [-0.4, -0.2) is 38.4 Å². The molecular weight excluding hydrogens is 360 g/mol. The van der Waals surface area contributed by atoms with E-state index >= 15 is 0 Å². The number of amides is 1. The first-order chi connectivity index (χ1) is 12.0. The molecule has 7 heteroatoms. The summed E-state index contributed by atoms with van der Waals surface area (Å²) in [5, 5.41) is 3.57. The number of benzene rings is 2. The fourth-order valence-electron chi connectivity index (χ4n) is 2.99. The maximum absolute atomic E-state index is 12.9. The van der Waals surface area contributed by atoms with E-state index in [9.17, 15) is 13.2 Å². The van der Waals surface area contributed by atoms with E-state index in [-0.39, 0.29) is 30.0 Å². The SMILES string of the molecule is O=C(CNc1ccccc1Cl)N(c1ccccc1)[C@@H]1CCS(=O)(=O)C1. The number of nitrogens with zero attached hydrogens (tertiary/aromatic N) is 1. The average Bonchev–Trinajstić information content (AvgIpc) is 2.95. The molecule has 0 unspecified atom stereocenters. The van der Waals surface area contributed by atoms with Gasteiger partial charge in [-0.15, -0.1) is 0 Å². The Morgan fingerprint density at radius 3 is 2.44 bits per heavy atom. The number of sulfone groups is 1. The molecule has 1 aliphatic heterocycles. The average molecular weight is 379 g/mol. The van der Waals surface area contributed by atoms with Crippen LogP contribution in [0.1, 0.15) is 6.42 Å². The molecule has 0 aliphatic carbocycles. The van der Waals surface area contributed by atoms with Gasteiger partial charge in [0.2, 0.25) is 5.91 Å². The summed E-state index contributed by atoms with van der Waals surface area (Å²) in [5.74, 6) is -0.0698. The smallest absolute Gasteiger partial charge is 0.246 e. The second-order valence-electron chi connectivity index (χ2n) is 5.99. The Labute approximate surface area is 152 Å². The minimum atomic E-state index is -3.09. The van der Waals surface area contributed by atoms with Crippen LogP contribution in [0.2, 0.25) is 5.02 Å². The normalized spacial score (nSPS) is 18.7. The van der Waals surface area contributed by atoms with E-state index in [0.717, 1.165) is 0 Å². The molecule has 1 N–H and O–H groups in total. The van der Waals surface area contributed by atoms with Crippen molar-refractivity contribution in [3.05, 3.63) is 59.6 Å². The van der Waals surface area contributed by atoms with Gasteiger partial charge in [0.05, 0.1) is 34.8 Å². The molecule has 1 amide bonds. The van der Waals surface area contributed by atoms with Crippen molar-refractivity contribution in [3.63, 3.8) is 0 Å². The molecule has 3 rings (SSSR count). The van der Waals surface area contributed by atoms with E-state index in [1.165, 1.54) is 0 Å². The lowest BCUT2D eigenvalue weighted by atomic mass is 10.1. The second-order valence-corrected chi connectivity index (χ2v) is 8.63. The van der Waals surface area contributed by atoms with Crippen LogP contribution in [0, 0.1) is 0 Å². The Balaban J connectivity index is 1.79. The number of rotatable bonds is 5. The first-order valence-corrected chi connectivity index (χ1v) is 10.2. The van der Waals surface area contributed by atoms with E-state index in [1.807, 2.05) is 42.5 Å². The van der Waals surface area contributed by atoms with Crippen molar-refractivity contribution in [1.29, 1.82) is 0 Å². The van der Waals surface area contributed by atoms with E-state index in [2.05, 4.69) is 5.32 Å². The molecule has 1 fully saturated rings. The molecule has 2 aromatic rings. The number of anilines is 2. The summed E-state index contributed by atoms with van der Waals surface area (Å²) < 4.78 is 23.7. The van der Waals surface area contributed by atoms with Crippen molar-refractivity contribution in [2.24, 2.45) is 0 Å². The van der Waals surface area contributed by atoms with Crippen molar-refractivity contribution in [2.45, 2.75) is 12.5 Å². The van der Waals surface area contributed by atoms with E-state index < -0.39 is 9.84 Å². The predicted molar refractivity (Wildman–Crippen MR) is 101 cm³/mol. The van der Waals surface area contributed by atoms with Crippen molar-refractivity contribution in [3.8, 4) is 0 Å². The van der Waals surface area contributed by atoms with Gasteiger partial charge >= 0.3 is 0 Å². The van der Waals surface area contributed by atoms with Gasteiger partial charge in [0, 0.05) is 5.69 Å². The van der Waals surface area contributed by atoms with Crippen LogP contribution in [0.15, 0.2) is 54.6 Å². The number of para-hydroxylation sites is 2. The topological polar surface area (TPSA) is 66.5 Å². The third-order valence-electron chi connectivity index (χ3n) is 4.18. The van der Waals surface area contributed by atoms with Crippen molar-refractivity contribution in [1.82, 2.24) is 0 Å². The van der Waals surface area contributed by atoms with Gasteiger partial charge in [0.25, 0.3) is 0 Å². The van der Waals surface area contributed by atoms with Gasteiger partial charge in [0.15, 0.2) is 9.84 Å². The molecule has 25 heavy (non-hydrogen) atoms. The lowest BCUT2D eigenvalue weighted by molar-refractivity contribution is -0.117. The molecule has 1 heterocycles. The Bertz CT molecular complexity index is 856. The van der Waals surface area contributed by atoms with Crippen molar-refractivity contribution in [2.75, 3.05) is 28.3 Å². The molecule has 5 nitrogen and oxygen atoms in total. The molecule has 0 radical (unpaired) electrons. The van der Waals surface area contributed by atoms with Crippen LogP contribution < -0.4 is 10.2 Å². The first kappa shape index (κ1) is 17.8. The molecule has 0 aromatic heterocycles. The highest BCUT2D eigenvalue weighted by Crippen LogP contribution is 2.25. The summed E-state index contributed by atoms with van der Waals surface area (Å²) in [6, 6.07) is 16.0. The van der Waals surface area contributed by atoms with Crippen LogP contribution >= 0.6 is 11.6 Å². The van der Waals surface area contributed by atoms with Gasteiger partial charge in [-0.1, -0.05) is 41.9 Å². The minimum absolute atomic E-state index is 0.000270. The zero-order valence-electron chi connectivity index (χ0n) is 13.6. The maximum Gasteiger partial charge on any atom is 0.246 e. The molecule has 0 spiro atoms. The molecular formula is C18H19ClN2O3S. The van der Waals surface area contributed by atoms with Crippen molar-refractivity contribution >= 4 is 38.7 Å². The molecule has 2 aromatic carbocycles. The molecule has 1 aliphatic rings. The third-order valence-corrected chi connectivity index (χ3v) is 6.26. The number of halogens is 1. The predicted octanol–water partition coefficient (Wildman–Crippen LogP) is 2.97. The van der Waals surface area contributed by atoms with E-state index in [0.29, 0.717) is 22.8 Å². The van der Waals surface area contributed by atoms with Gasteiger partial charge in [-0.25, -0.2) is 8.42 Å². The summed E-state index contributed by atoms with van der Waals surface area (Å²) in [4.78, 5) is 14.4. The quantitative estimate of drug-likeness (QED) is 0.868. The minimum Gasteiger partial charge on any atom is -0.375 e. The number of carbonyl (C=O) groups is 1. The molecule has 1 saturated heterocycles. The highest BCUT2D eigenvalue weighted by Gasteiger charge is 2.35. The van der Waals surface area contributed by atoms with Crippen LogP contribution in [0.3, 0.4) is 0 Å². The summed E-state index contributed by atoms with van der Waals surface area (Å²) in [5.41, 5.74) is 1.38. The van der Waals surface area contributed by atoms with Gasteiger partial charge in [-0.2, -0.15) is 0 Å². The fourth-order valence-corrected chi connectivity index (χ4v) is 4.89. The lowest BCUT2D eigenvalue weighted by Crippen LogP contribution is -2.44. The van der Waals surface area contributed by atoms with Crippen LogP contribution in [0.5, 0.6) is 0 Å². The molecule has 0 saturated carbocycles. The Morgan fingerprint density at radius 2 is 1.80 bits per heavy atom. The standard InChI is InChI=1S/C18H19ClN2O3S/c19-16-8-4-5-9-17(16)20-12-18(22)21(14-6-2-1-3-7-14)15-10-11-25(23,24)13-15/h1-9,15,20H,10-13H2/t15-/m1/s1. The number of hydrogen-bond donors (Lipinski definition) is 1. The maximum atomic E-state index is 12.9. The third kappa shape index (κ3) is 4.32. The Morgan fingerprint density at radius 1 is 1.12 bits per heavy atom. The number of hydrogen-bond acceptors (Lipinski definition) is 4. The second kappa shape index (κ2) is 7.45. The lowest BCUT2D eigenvalue weighted by Gasteiger charge is -2.28. The van der Waals surface area contributed by atoms with Crippen LogP contribution in [0.4, 0.5) is 11.4 Å². The van der Waals surface area contributed by atoms with Gasteiger partial charge < -0.3 is 10.2 Å². The molecule has 1 atom stereocenters. The fraction of sp³-hybridized carbons (Fsp3) is 0.278. The van der Waals surface area contributed by atoms with E-state index in [4.69, 9.17) is 11.6 Å². The Kier molecular flexibility index (Phi) is 5.30. The summed E-state index contributed by atoms with van der Waals surface area (Å²) in [6.07, 6.45) is 0.453. The highest BCUT2D eigenvalue weighted by atomic mass is 35.5. The highest BCUT2D eigenvalue weighted by molar-refractivity contribution is 7.91. The zero-order chi connectivity index (χ0) is 17.9. The van der Waals surface area contributed by atoms with E-state index in [1.54, 1.807) is 17.0 Å². The Hall–Kier alpha value is -2.05. The monoisotopic (exact) mass is 378 g/mol. The summed E-state index contributed by atoms with van der Waals surface area (Å²) in [7, 11) is -3.09. The largest absolute Gasteiger partial charge is 0.375 e. The van der Waals surface area contributed by atoms with Crippen LogP contribution in [0.25, 0.3) is 0 Å². The summed E-state index contributed by atoms with van der Waals surface area (Å²) >= 11 is 6.10. The van der Waals surface area contributed by atoms with Gasteiger partial charge in [-0.05, 0) is 30.7 Å². The first-order valence-electron chi connectivity index (χ1n) is 8.02. The molecule has 132 valence electrons. The van der Waals surface area contributed by atoms with Crippen molar-refractivity contribution < 1.29 is 13.2 Å². The summed E-state index contributed by atoms with van der Waals surface area (Å²) in [6.45, 7) is 0.0369. The molecule has 0 bridgehead atoms. The van der Waals surface area contributed by atoms with Gasteiger partial charge in [-0.3, -0.25) is 4.79 Å². The number of carbonyl (C=O) groups excluding carboxylic acids is 1. The van der Waals surface area contributed by atoms with Crippen LogP contribution in [-0.2, 0) is 14.6 Å².